The summed E-state index contributed by atoms with van der Waals surface area (Å²) in [4.78, 5) is 2.56. The smallest absolute Gasteiger partial charge is 0.0722 e. The fraction of sp³-hybridized carbons (Fsp3) is 0.571. The van der Waals surface area contributed by atoms with Crippen molar-refractivity contribution in [1.82, 2.24) is 10.2 Å². The molecular weight excluding hydrogens is 212 g/mol. The van der Waals surface area contributed by atoms with Crippen LogP contribution in [-0.2, 0) is 11.3 Å². The molecule has 0 spiro atoms. The van der Waals surface area contributed by atoms with Crippen LogP contribution in [-0.4, -0.2) is 43.2 Å². The maximum absolute atomic E-state index is 6.01. The minimum atomic E-state index is 0.417. The molecule has 1 N–H and O–H groups in total. The third-order valence-corrected chi connectivity index (χ3v) is 3.77. The van der Waals surface area contributed by atoms with Crippen molar-refractivity contribution in [3.63, 3.8) is 0 Å². The molecule has 3 rings (SSSR count). The van der Waals surface area contributed by atoms with E-state index in [1.54, 1.807) is 0 Å². The summed E-state index contributed by atoms with van der Waals surface area (Å²) in [6.07, 6.45) is 1.60. The second-order valence-electron chi connectivity index (χ2n) is 5.01. The lowest BCUT2D eigenvalue weighted by molar-refractivity contribution is 0.0469. The van der Waals surface area contributed by atoms with Gasteiger partial charge < -0.3 is 10.1 Å². The zero-order chi connectivity index (χ0) is 11.5. The van der Waals surface area contributed by atoms with Gasteiger partial charge in [-0.3, -0.25) is 4.90 Å². The van der Waals surface area contributed by atoms with E-state index < -0.39 is 0 Å². The third-order valence-electron chi connectivity index (χ3n) is 3.77. The van der Waals surface area contributed by atoms with Crippen molar-refractivity contribution in [3.8, 4) is 0 Å². The summed E-state index contributed by atoms with van der Waals surface area (Å²) in [7, 11) is 0. The van der Waals surface area contributed by atoms with Gasteiger partial charge in [0.05, 0.1) is 12.7 Å². The van der Waals surface area contributed by atoms with Crippen LogP contribution in [0.15, 0.2) is 30.3 Å². The summed E-state index contributed by atoms with van der Waals surface area (Å²) in [5.41, 5.74) is 1.27. The average Bonchev–Trinajstić information content (AvgIpc) is 2.80. The molecule has 1 aromatic carbocycles. The normalized spacial score (nSPS) is 29.2. The number of nitrogens with zero attached hydrogens (tertiary/aromatic N) is 1. The molecule has 0 saturated carbocycles. The van der Waals surface area contributed by atoms with Gasteiger partial charge in [-0.25, -0.2) is 0 Å². The minimum Gasteiger partial charge on any atom is -0.372 e. The minimum absolute atomic E-state index is 0.417. The Balaban J connectivity index is 1.50. The summed E-state index contributed by atoms with van der Waals surface area (Å²) in [6, 6.07) is 11.1. The molecule has 92 valence electrons. The summed E-state index contributed by atoms with van der Waals surface area (Å²) in [5, 5.41) is 3.45. The Kier molecular flexibility index (Phi) is 3.41. The molecular formula is C14H20N2O. The Labute approximate surface area is 103 Å². The van der Waals surface area contributed by atoms with Crippen molar-refractivity contribution < 1.29 is 4.74 Å². The Morgan fingerprint density at radius 2 is 2.18 bits per heavy atom. The highest BCUT2D eigenvalue weighted by molar-refractivity contribution is 5.13. The van der Waals surface area contributed by atoms with Crippen LogP contribution >= 0.6 is 0 Å². The van der Waals surface area contributed by atoms with E-state index in [-0.39, 0.29) is 0 Å². The Hall–Kier alpha value is -0.900. The zero-order valence-electron chi connectivity index (χ0n) is 10.1. The van der Waals surface area contributed by atoms with Gasteiger partial charge in [-0.2, -0.15) is 0 Å². The first kappa shape index (κ1) is 11.2. The fourth-order valence-corrected chi connectivity index (χ4v) is 2.82. The average molecular weight is 232 g/mol. The van der Waals surface area contributed by atoms with Crippen LogP contribution in [0.25, 0.3) is 0 Å². The van der Waals surface area contributed by atoms with Crippen molar-refractivity contribution in [3.05, 3.63) is 35.9 Å². The SMILES string of the molecule is c1ccc(CO[C@H]2C[C@H]3CNCCN3C2)cc1. The number of hydrogen-bond acceptors (Lipinski definition) is 3. The molecule has 1 aromatic rings. The van der Waals surface area contributed by atoms with E-state index >= 15 is 0 Å². The second kappa shape index (κ2) is 5.17. The van der Waals surface area contributed by atoms with Gasteiger partial charge in [-0.15, -0.1) is 0 Å². The van der Waals surface area contributed by atoms with Crippen molar-refractivity contribution in [2.24, 2.45) is 0 Å². The molecule has 2 fully saturated rings. The molecule has 0 radical (unpaired) electrons. The van der Waals surface area contributed by atoms with Gasteiger partial charge in [-0.05, 0) is 12.0 Å². The van der Waals surface area contributed by atoms with Crippen molar-refractivity contribution in [2.75, 3.05) is 26.2 Å². The first-order chi connectivity index (χ1) is 8.42. The molecule has 0 aromatic heterocycles. The Morgan fingerprint density at radius 3 is 3.00 bits per heavy atom. The topological polar surface area (TPSA) is 24.5 Å². The number of rotatable bonds is 3. The highest BCUT2D eigenvalue weighted by Crippen LogP contribution is 2.22. The van der Waals surface area contributed by atoms with Gasteiger partial charge in [0.2, 0.25) is 0 Å². The lowest BCUT2D eigenvalue weighted by Gasteiger charge is -2.29. The molecule has 2 atom stereocenters. The molecule has 0 aliphatic carbocycles. The van der Waals surface area contributed by atoms with E-state index in [9.17, 15) is 0 Å². The highest BCUT2D eigenvalue weighted by atomic mass is 16.5. The van der Waals surface area contributed by atoms with Crippen LogP contribution in [0.4, 0.5) is 0 Å². The van der Waals surface area contributed by atoms with Gasteiger partial charge in [-0.1, -0.05) is 30.3 Å². The summed E-state index contributed by atoms with van der Waals surface area (Å²) in [6.45, 7) is 5.29. The van der Waals surface area contributed by atoms with Gasteiger partial charge in [0.15, 0.2) is 0 Å². The van der Waals surface area contributed by atoms with E-state index in [2.05, 4.69) is 34.5 Å². The van der Waals surface area contributed by atoms with Crippen LogP contribution in [0.3, 0.4) is 0 Å². The quantitative estimate of drug-likeness (QED) is 0.849. The second-order valence-corrected chi connectivity index (χ2v) is 5.01. The number of hydrogen-bond donors (Lipinski definition) is 1. The molecule has 0 amide bonds. The number of ether oxygens (including phenoxy) is 1. The predicted octanol–water partition coefficient (Wildman–Crippen LogP) is 1.25. The Bertz CT molecular complexity index is 340. The molecule has 2 heterocycles. The lowest BCUT2D eigenvalue weighted by Crippen LogP contribution is -2.47. The van der Waals surface area contributed by atoms with Gasteiger partial charge in [0.1, 0.15) is 0 Å². The van der Waals surface area contributed by atoms with Crippen LogP contribution in [0, 0.1) is 0 Å². The Morgan fingerprint density at radius 1 is 1.29 bits per heavy atom. The van der Waals surface area contributed by atoms with E-state index in [4.69, 9.17) is 4.74 Å². The molecule has 0 unspecified atom stereocenters. The summed E-state index contributed by atoms with van der Waals surface area (Å²) in [5.74, 6) is 0. The third kappa shape index (κ3) is 2.68. The maximum Gasteiger partial charge on any atom is 0.0722 e. The van der Waals surface area contributed by atoms with Crippen LogP contribution in [0.2, 0.25) is 0 Å². The zero-order valence-corrected chi connectivity index (χ0v) is 10.1. The fourth-order valence-electron chi connectivity index (χ4n) is 2.82. The van der Waals surface area contributed by atoms with Crippen molar-refractivity contribution >= 4 is 0 Å². The highest BCUT2D eigenvalue weighted by Gasteiger charge is 2.33. The molecule has 2 aliphatic rings. The monoisotopic (exact) mass is 232 g/mol. The first-order valence-electron chi connectivity index (χ1n) is 6.52. The number of piperazine rings is 1. The van der Waals surface area contributed by atoms with Crippen LogP contribution in [0.1, 0.15) is 12.0 Å². The van der Waals surface area contributed by atoms with E-state index in [0.717, 1.165) is 26.2 Å². The molecule has 3 heteroatoms. The number of nitrogens with one attached hydrogen (secondary N) is 1. The van der Waals surface area contributed by atoms with Crippen LogP contribution < -0.4 is 5.32 Å². The number of fused-ring (bicyclic) bond motifs is 1. The van der Waals surface area contributed by atoms with E-state index in [0.29, 0.717) is 12.1 Å². The van der Waals surface area contributed by atoms with Gasteiger partial charge in [0.25, 0.3) is 0 Å². The van der Waals surface area contributed by atoms with Gasteiger partial charge in [0, 0.05) is 32.2 Å². The lowest BCUT2D eigenvalue weighted by atomic mass is 10.1. The van der Waals surface area contributed by atoms with Crippen molar-refractivity contribution in [2.45, 2.75) is 25.2 Å². The van der Waals surface area contributed by atoms with E-state index in [1.807, 2.05) is 6.07 Å². The van der Waals surface area contributed by atoms with Crippen LogP contribution in [0.5, 0.6) is 0 Å². The largest absolute Gasteiger partial charge is 0.372 e. The standard InChI is InChI=1S/C14H20N2O/c1-2-4-12(5-3-1)11-17-14-8-13-9-15-6-7-16(13)10-14/h1-5,13-15H,6-11H2/t13-,14-/m0/s1. The molecule has 2 saturated heterocycles. The van der Waals surface area contributed by atoms with Gasteiger partial charge >= 0.3 is 0 Å². The molecule has 3 nitrogen and oxygen atoms in total. The summed E-state index contributed by atoms with van der Waals surface area (Å²) < 4.78 is 6.01. The predicted molar refractivity (Wildman–Crippen MR) is 67.9 cm³/mol. The van der Waals surface area contributed by atoms with Crippen molar-refractivity contribution in [1.29, 1.82) is 0 Å². The van der Waals surface area contributed by atoms with E-state index in [1.165, 1.54) is 18.5 Å². The molecule has 0 bridgehead atoms. The molecule has 17 heavy (non-hydrogen) atoms. The summed E-state index contributed by atoms with van der Waals surface area (Å²) >= 11 is 0. The number of benzene rings is 1. The molecule has 2 aliphatic heterocycles. The maximum atomic E-state index is 6.01. The first-order valence-corrected chi connectivity index (χ1v) is 6.52.